The van der Waals surface area contributed by atoms with Crippen molar-refractivity contribution >= 4 is 158 Å². The van der Waals surface area contributed by atoms with Crippen LogP contribution >= 0.6 is 0 Å². The molecule has 0 aliphatic carbocycles. The van der Waals surface area contributed by atoms with Crippen molar-refractivity contribution in [2.75, 3.05) is 0 Å². The summed E-state index contributed by atoms with van der Waals surface area (Å²) in [7, 11) is -3.52. The highest BCUT2D eigenvalue weighted by Gasteiger charge is 2.42. The average molecular weight is 861 g/mol. The van der Waals surface area contributed by atoms with Crippen molar-refractivity contribution in [3.05, 3.63) is 164 Å². The summed E-state index contributed by atoms with van der Waals surface area (Å²) in [4.78, 5) is 0. The summed E-state index contributed by atoms with van der Waals surface area (Å²) in [5, 5.41) is 24.6. The minimum atomic E-state index is -1.85. The fourth-order valence-electron chi connectivity index (χ4n) is 12.8. The summed E-state index contributed by atoms with van der Waals surface area (Å²) >= 11 is 0. The summed E-state index contributed by atoms with van der Waals surface area (Å²) < 4.78 is 5.35. The highest BCUT2D eigenvalue weighted by atomic mass is 28.3. The zero-order valence-corrected chi connectivity index (χ0v) is 39.6. The average Bonchev–Trinajstić information content (AvgIpc) is 3.85. The Hall–Kier alpha value is -6.92. The van der Waals surface area contributed by atoms with E-state index in [1.807, 2.05) is 0 Å². The third kappa shape index (κ3) is 4.46. The third-order valence-corrected chi connectivity index (χ3v) is 19.8. The molecule has 15 rings (SSSR count). The van der Waals surface area contributed by atoms with Gasteiger partial charge in [-0.2, -0.15) is 0 Å². The predicted octanol–water partition coefficient (Wildman–Crippen LogP) is 13.0. The van der Waals surface area contributed by atoms with Gasteiger partial charge in [0.15, 0.2) is 0 Å². The maximum Gasteiger partial charge on any atom is 0.252 e. The maximum absolute atomic E-state index is 2.68. The number of hydrogen-bond donors (Lipinski definition) is 0. The van der Waals surface area contributed by atoms with Crippen LogP contribution in [0, 0.1) is 0 Å². The summed E-state index contributed by atoms with van der Waals surface area (Å²) in [6.07, 6.45) is 0. The van der Waals surface area contributed by atoms with Gasteiger partial charge in [0.1, 0.15) is 0 Å². The minimum Gasteiger partial charge on any atom is -0.310 e. The van der Waals surface area contributed by atoms with Crippen molar-refractivity contribution in [3.8, 4) is 11.4 Å². The van der Waals surface area contributed by atoms with Crippen molar-refractivity contribution in [1.29, 1.82) is 0 Å². The predicted molar refractivity (Wildman–Crippen MR) is 291 cm³/mol. The zero-order valence-electron chi connectivity index (χ0n) is 37.6. The molecule has 0 atom stereocenters. The van der Waals surface area contributed by atoms with Gasteiger partial charge in [-0.15, -0.1) is 0 Å². The number of benzene rings is 11. The Labute approximate surface area is 379 Å². The number of hydrogen-bond acceptors (Lipinski definition) is 0. The van der Waals surface area contributed by atoms with Crippen LogP contribution in [-0.4, -0.2) is 32.0 Å². The molecule has 0 fully saturated rings. The molecule has 0 amide bonds. The standard InChI is InChI=1S/C60H45BN2Si2/c1-64(2,3)34-26-28-50-46(30-34)57-55-43-23-14-12-19-39(43)37-17-8-10-21-41(37)45(55)33-49-60(57)62(50)52-24-15-25-53-58(52)61(49)48-32-35(65(4,5)6)31-47-56-51(63(53)59(47)48)29-27-44-40-20-9-7-16-36(40)38-18-11-13-22-42(38)54(44)56/h7-33H,1-6H3. The molecule has 0 unspecified atom stereocenters. The molecule has 2 nitrogen and oxygen atoms in total. The van der Waals surface area contributed by atoms with E-state index in [4.69, 9.17) is 0 Å². The summed E-state index contributed by atoms with van der Waals surface area (Å²) in [5.41, 5.74) is 12.2. The zero-order chi connectivity index (χ0) is 43.4. The van der Waals surface area contributed by atoms with Gasteiger partial charge in [0, 0.05) is 49.2 Å². The maximum atomic E-state index is 2.68. The van der Waals surface area contributed by atoms with Crippen LogP contribution in [0.25, 0.3) is 120 Å². The highest BCUT2D eigenvalue weighted by Crippen LogP contribution is 2.47. The van der Waals surface area contributed by atoms with E-state index in [2.05, 4.69) is 212 Å². The van der Waals surface area contributed by atoms with Crippen LogP contribution in [0.4, 0.5) is 0 Å². The quantitative estimate of drug-likeness (QED) is 0.121. The van der Waals surface area contributed by atoms with Crippen LogP contribution in [0.2, 0.25) is 39.3 Å². The van der Waals surface area contributed by atoms with Gasteiger partial charge in [0.05, 0.1) is 32.7 Å². The second kappa shape index (κ2) is 12.0. The van der Waals surface area contributed by atoms with Crippen LogP contribution < -0.4 is 26.8 Å². The second-order valence-electron chi connectivity index (χ2n) is 21.2. The molecule has 4 heterocycles. The molecule has 0 bridgehead atoms. The van der Waals surface area contributed by atoms with Crippen molar-refractivity contribution < 1.29 is 0 Å². The van der Waals surface area contributed by atoms with Gasteiger partial charge in [-0.05, 0) is 94.5 Å². The molecule has 2 aliphatic rings. The molecule has 65 heavy (non-hydrogen) atoms. The Kier molecular flexibility index (Phi) is 6.75. The van der Waals surface area contributed by atoms with E-state index < -0.39 is 16.1 Å². The van der Waals surface area contributed by atoms with Crippen LogP contribution in [0.3, 0.4) is 0 Å². The first-order chi connectivity index (χ1) is 31.6. The monoisotopic (exact) mass is 860 g/mol. The molecule has 0 radical (unpaired) electrons. The van der Waals surface area contributed by atoms with E-state index in [9.17, 15) is 0 Å². The molecule has 2 aromatic heterocycles. The normalized spacial score (nSPS) is 13.7. The Morgan fingerprint density at radius 1 is 0.323 bits per heavy atom. The van der Waals surface area contributed by atoms with E-state index in [1.165, 1.54) is 146 Å². The Balaban J connectivity index is 1.20. The minimum absolute atomic E-state index is 0.0473. The number of rotatable bonds is 2. The number of aromatic nitrogens is 2. The van der Waals surface area contributed by atoms with Gasteiger partial charge in [-0.3, -0.25) is 0 Å². The molecule has 2 aliphatic heterocycles. The van der Waals surface area contributed by atoms with Crippen molar-refractivity contribution in [1.82, 2.24) is 9.13 Å². The first-order valence-electron chi connectivity index (χ1n) is 23.4. The van der Waals surface area contributed by atoms with Crippen molar-refractivity contribution in [2.45, 2.75) is 39.3 Å². The van der Waals surface area contributed by atoms with Crippen molar-refractivity contribution in [3.63, 3.8) is 0 Å². The topological polar surface area (TPSA) is 9.86 Å². The van der Waals surface area contributed by atoms with Crippen LogP contribution in [-0.2, 0) is 0 Å². The first kappa shape index (κ1) is 36.4. The molecule has 0 saturated carbocycles. The fourth-order valence-corrected chi connectivity index (χ4v) is 15.2. The Morgan fingerprint density at radius 3 is 1.37 bits per heavy atom. The lowest BCUT2D eigenvalue weighted by atomic mass is 9.34. The van der Waals surface area contributed by atoms with E-state index in [1.54, 1.807) is 0 Å². The fraction of sp³-hybridized carbons (Fsp3) is 0.100. The summed E-state index contributed by atoms with van der Waals surface area (Å²) in [6.45, 7) is 15.1. The molecular formula is C60H45BN2Si2. The van der Waals surface area contributed by atoms with Gasteiger partial charge in [0.25, 0.3) is 6.71 Å². The van der Waals surface area contributed by atoms with Gasteiger partial charge in [0.2, 0.25) is 0 Å². The summed E-state index contributed by atoms with van der Waals surface area (Å²) in [5.74, 6) is 0. The highest BCUT2D eigenvalue weighted by molar-refractivity contribution is 7.01. The first-order valence-corrected chi connectivity index (χ1v) is 30.4. The smallest absolute Gasteiger partial charge is 0.252 e. The molecule has 0 N–H and O–H groups in total. The van der Waals surface area contributed by atoms with Gasteiger partial charge in [-0.25, -0.2) is 0 Å². The molecule has 5 heteroatoms. The van der Waals surface area contributed by atoms with Crippen LogP contribution in [0.1, 0.15) is 0 Å². The molecule has 0 saturated heterocycles. The van der Waals surface area contributed by atoms with Gasteiger partial charge < -0.3 is 9.13 Å². The molecule has 0 spiro atoms. The van der Waals surface area contributed by atoms with E-state index in [0.29, 0.717) is 0 Å². The van der Waals surface area contributed by atoms with E-state index >= 15 is 0 Å². The lowest BCUT2D eigenvalue weighted by Crippen LogP contribution is -2.60. The Bertz CT molecular complexity index is 4350. The second-order valence-corrected chi connectivity index (χ2v) is 31.3. The largest absolute Gasteiger partial charge is 0.310 e. The molecule has 306 valence electrons. The number of nitrogens with zero attached hydrogens (tertiary/aromatic N) is 2. The summed E-state index contributed by atoms with van der Waals surface area (Å²) in [6, 6.07) is 64.0. The third-order valence-electron chi connectivity index (χ3n) is 15.7. The Morgan fingerprint density at radius 2 is 0.785 bits per heavy atom. The molecule has 11 aromatic carbocycles. The van der Waals surface area contributed by atoms with Crippen LogP contribution in [0.5, 0.6) is 0 Å². The van der Waals surface area contributed by atoms with Crippen molar-refractivity contribution in [2.24, 2.45) is 0 Å². The van der Waals surface area contributed by atoms with Gasteiger partial charge >= 0.3 is 0 Å². The molecule has 13 aromatic rings. The van der Waals surface area contributed by atoms with Crippen LogP contribution in [0.15, 0.2) is 164 Å². The lowest BCUT2D eigenvalue weighted by Gasteiger charge is -2.34. The van der Waals surface area contributed by atoms with Gasteiger partial charge in [-0.1, -0.05) is 189 Å². The number of fused-ring (bicyclic) bond motifs is 24. The van der Waals surface area contributed by atoms with E-state index in [0.717, 1.165) is 0 Å². The lowest BCUT2D eigenvalue weighted by molar-refractivity contribution is 1.14. The molecular weight excluding hydrogens is 816 g/mol. The SMILES string of the molecule is C[Si](C)(C)c1ccc2c(c1)c1c3c4ccccc4c4ccccc4c3cc3c1n2-c1cccc2c1B3c1cc([Si](C)(C)C)cc3c4c5c6ccccc6c6ccccc6c5ccc4n-2c13. The van der Waals surface area contributed by atoms with E-state index in [-0.39, 0.29) is 6.71 Å².